The second-order valence-corrected chi connectivity index (χ2v) is 6.15. The van der Waals surface area contributed by atoms with Crippen LogP contribution >= 0.6 is 47.4 Å². The van der Waals surface area contributed by atoms with E-state index in [1.54, 1.807) is 6.20 Å². The van der Waals surface area contributed by atoms with Crippen molar-refractivity contribution in [2.24, 2.45) is 0 Å². The van der Waals surface area contributed by atoms with Crippen LogP contribution in [0.2, 0.25) is 0 Å². The first-order chi connectivity index (χ1) is 7.33. The Bertz CT molecular complexity index is 402. The molecule has 0 spiro atoms. The topological polar surface area (TPSA) is 31.4 Å². The predicted octanol–water partition coefficient (Wildman–Crippen LogP) is 2.83. The Hall–Kier alpha value is 0.445. The predicted molar refractivity (Wildman–Crippen MR) is 87.2 cm³/mol. The molecule has 1 saturated heterocycles. The van der Waals surface area contributed by atoms with E-state index in [-0.39, 0.29) is 43.1 Å². The Morgan fingerprint density at radius 1 is 1.11 bits per heavy atom. The molecule has 1 aliphatic rings. The molecule has 1 fully saturated rings. The summed E-state index contributed by atoms with van der Waals surface area (Å²) in [6.07, 6.45) is 3.58. The van der Waals surface area contributed by atoms with Crippen molar-refractivity contribution in [1.29, 1.82) is 0 Å². The van der Waals surface area contributed by atoms with Gasteiger partial charge in [0.1, 0.15) is 0 Å². The van der Waals surface area contributed by atoms with Gasteiger partial charge in [0.25, 0.3) is 0 Å². The van der Waals surface area contributed by atoms with Crippen LogP contribution in [0.1, 0.15) is 27.7 Å². The van der Waals surface area contributed by atoms with E-state index in [1.165, 1.54) is 0 Å². The maximum absolute atomic E-state index is 5.96. The van der Waals surface area contributed by atoms with Crippen LogP contribution in [0.15, 0.2) is 18.5 Å². The highest BCUT2D eigenvalue weighted by molar-refractivity contribution is 14.1. The molecule has 7 heteroatoms. The third-order valence-electron chi connectivity index (χ3n) is 3.30. The van der Waals surface area contributed by atoms with Gasteiger partial charge in [-0.1, -0.05) is 0 Å². The maximum atomic E-state index is 5.96. The SMILES string of the molecule is CC1(C)OB(c2cnccc2I)OC1(C)C.Cl.Cl. The standard InChI is InChI=1S/C11H15BINO2.2ClH/c1-10(2)11(3,4)16-12(15-10)8-7-14-6-5-9(8)13;;/h5-7H,1-4H3;2*1H. The molecule has 1 aliphatic heterocycles. The van der Waals surface area contributed by atoms with E-state index >= 15 is 0 Å². The number of nitrogens with zero attached hydrogens (tertiary/aromatic N) is 1. The molecule has 102 valence electrons. The van der Waals surface area contributed by atoms with Crippen LogP contribution in [0.5, 0.6) is 0 Å². The van der Waals surface area contributed by atoms with E-state index in [4.69, 9.17) is 9.31 Å². The normalized spacial score (nSPS) is 19.9. The molecule has 18 heavy (non-hydrogen) atoms. The van der Waals surface area contributed by atoms with Gasteiger partial charge in [-0.15, -0.1) is 24.8 Å². The molecule has 0 N–H and O–H groups in total. The van der Waals surface area contributed by atoms with Crippen LogP contribution in [0.3, 0.4) is 0 Å². The lowest BCUT2D eigenvalue weighted by Gasteiger charge is -2.32. The average molecular weight is 404 g/mol. The summed E-state index contributed by atoms with van der Waals surface area (Å²) in [6, 6.07) is 1.96. The van der Waals surface area contributed by atoms with Gasteiger partial charge in [0.05, 0.1) is 11.2 Å². The van der Waals surface area contributed by atoms with Gasteiger partial charge in [-0.25, -0.2) is 0 Å². The Balaban J connectivity index is 0.00000144. The fraction of sp³-hybridized carbons (Fsp3) is 0.545. The van der Waals surface area contributed by atoms with Gasteiger partial charge in [0, 0.05) is 21.4 Å². The van der Waals surface area contributed by atoms with E-state index in [2.05, 4.69) is 55.3 Å². The van der Waals surface area contributed by atoms with E-state index in [1.807, 2.05) is 12.3 Å². The third kappa shape index (κ3) is 3.31. The van der Waals surface area contributed by atoms with Crippen LogP contribution in [0.25, 0.3) is 0 Å². The van der Waals surface area contributed by atoms with Crippen LogP contribution in [-0.2, 0) is 9.31 Å². The Morgan fingerprint density at radius 3 is 2.06 bits per heavy atom. The fourth-order valence-corrected chi connectivity index (χ4v) is 2.09. The van der Waals surface area contributed by atoms with Crippen molar-refractivity contribution in [1.82, 2.24) is 4.98 Å². The Morgan fingerprint density at radius 2 is 1.61 bits per heavy atom. The molecule has 1 aromatic heterocycles. The molecular formula is C11H17BCl2INO2. The molecule has 0 aliphatic carbocycles. The van der Waals surface area contributed by atoms with Crippen LogP contribution in [-0.4, -0.2) is 23.3 Å². The zero-order valence-corrected chi connectivity index (χ0v) is 14.6. The van der Waals surface area contributed by atoms with E-state index in [9.17, 15) is 0 Å². The minimum Gasteiger partial charge on any atom is -0.399 e. The molecule has 0 atom stereocenters. The monoisotopic (exact) mass is 403 g/mol. The van der Waals surface area contributed by atoms with Gasteiger partial charge in [0.2, 0.25) is 0 Å². The van der Waals surface area contributed by atoms with Gasteiger partial charge in [0.15, 0.2) is 0 Å². The maximum Gasteiger partial charge on any atom is 0.497 e. The van der Waals surface area contributed by atoms with Crippen molar-refractivity contribution in [3.05, 3.63) is 22.0 Å². The molecule has 3 nitrogen and oxygen atoms in total. The lowest BCUT2D eigenvalue weighted by atomic mass is 9.80. The van der Waals surface area contributed by atoms with Crippen molar-refractivity contribution in [3.63, 3.8) is 0 Å². The second kappa shape index (κ2) is 6.26. The number of aromatic nitrogens is 1. The zero-order chi connectivity index (χ0) is 12.0. The summed E-state index contributed by atoms with van der Waals surface area (Å²) in [6.45, 7) is 8.21. The molecule has 0 saturated carbocycles. The summed E-state index contributed by atoms with van der Waals surface area (Å²) >= 11 is 2.27. The highest BCUT2D eigenvalue weighted by atomic mass is 127. The van der Waals surface area contributed by atoms with Gasteiger partial charge in [-0.3, -0.25) is 4.98 Å². The highest BCUT2D eigenvalue weighted by Gasteiger charge is 2.52. The van der Waals surface area contributed by atoms with Gasteiger partial charge >= 0.3 is 7.12 Å². The minimum absolute atomic E-state index is 0. The molecule has 0 amide bonds. The molecular weight excluding hydrogens is 387 g/mol. The first-order valence-electron chi connectivity index (χ1n) is 5.28. The van der Waals surface area contributed by atoms with Gasteiger partial charge < -0.3 is 9.31 Å². The number of pyridine rings is 1. The third-order valence-corrected chi connectivity index (χ3v) is 4.29. The van der Waals surface area contributed by atoms with Crippen molar-refractivity contribution in [3.8, 4) is 0 Å². The number of rotatable bonds is 1. The van der Waals surface area contributed by atoms with E-state index < -0.39 is 0 Å². The summed E-state index contributed by atoms with van der Waals surface area (Å²) in [5.74, 6) is 0. The van der Waals surface area contributed by atoms with E-state index in [0.717, 1.165) is 9.03 Å². The Labute approximate surface area is 135 Å². The lowest BCUT2D eigenvalue weighted by molar-refractivity contribution is 0.00578. The van der Waals surface area contributed by atoms with Gasteiger partial charge in [-0.2, -0.15) is 0 Å². The summed E-state index contributed by atoms with van der Waals surface area (Å²) in [5.41, 5.74) is 0.412. The molecule has 0 unspecified atom stereocenters. The van der Waals surface area contributed by atoms with Gasteiger partial charge in [-0.05, 0) is 56.4 Å². The quantitative estimate of drug-likeness (QED) is 0.533. The molecule has 0 radical (unpaired) electrons. The molecule has 1 aromatic rings. The van der Waals surface area contributed by atoms with Crippen molar-refractivity contribution in [2.75, 3.05) is 0 Å². The van der Waals surface area contributed by atoms with Crippen molar-refractivity contribution >= 4 is 60.0 Å². The molecule has 2 heterocycles. The van der Waals surface area contributed by atoms with E-state index in [0.29, 0.717) is 0 Å². The fourth-order valence-electron chi connectivity index (χ4n) is 1.53. The van der Waals surface area contributed by atoms with Crippen molar-refractivity contribution < 1.29 is 9.31 Å². The number of hydrogen-bond donors (Lipinski definition) is 0. The average Bonchev–Trinajstić information content (AvgIpc) is 2.36. The second-order valence-electron chi connectivity index (χ2n) is 4.99. The first kappa shape index (κ1) is 18.4. The zero-order valence-electron chi connectivity index (χ0n) is 10.8. The smallest absolute Gasteiger partial charge is 0.399 e. The molecule has 0 bridgehead atoms. The summed E-state index contributed by atoms with van der Waals surface area (Å²) < 4.78 is 13.0. The summed E-state index contributed by atoms with van der Waals surface area (Å²) in [4.78, 5) is 4.12. The number of hydrogen-bond acceptors (Lipinski definition) is 3. The van der Waals surface area contributed by atoms with Crippen LogP contribution in [0, 0.1) is 3.57 Å². The first-order valence-corrected chi connectivity index (χ1v) is 6.36. The Kier molecular flexibility index (Phi) is 6.42. The highest BCUT2D eigenvalue weighted by Crippen LogP contribution is 2.36. The minimum atomic E-state index is -0.314. The van der Waals surface area contributed by atoms with Crippen molar-refractivity contribution in [2.45, 2.75) is 38.9 Å². The molecule has 2 rings (SSSR count). The largest absolute Gasteiger partial charge is 0.497 e. The summed E-state index contributed by atoms with van der Waals surface area (Å²) in [7, 11) is -0.314. The molecule has 0 aromatic carbocycles. The van der Waals surface area contributed by atoms with Crippen LogP contribution < -0.4 is 5.46 Å². The number of halogens is 3. The lowest BCUT2D eigenvalue weighted by Crippen LogP contribution is -2.41. The van der Waals surface area contributed by atoms with Crippen LogP contribution in [0.4, 0.5) is 0 Å². The summed E-state index contributed by atoms with van der Waals surface area (Å²) in [5, 5.41) is 0.